The lowest BCUT2D eigenvalue weighted by atomic mass is 10.2. The van der Waals surface area contributed by atoms with E-state index < -0.39 is 0 Å². The molecule has 3 aromatic heterocycles. The Bertz CT molecular complexity index is 1220. The first-order valence-electron chi connectivity index (χ1n) is 11.3. The number of H-pyrrole nitrogens is 1. The Morgan fingerprint density at radius 1 is 1.22 bits per heavy atom. The molecule has 1 aromatic carbocycles. The molecule has 4 aromatic rings. The van der Waals surface area contributed by atoms with E-state index in [-0.39, 0.29) is 0 Å². The zero-order valence-electron chi connectivity index (χ0n) is 18.6. The van der Waals surface area contributed by atoms with Crippen molar-refractivity contribution in [3.05, 3.63) is 30.7 Å². The summed E-state index contributed by atoms with van der Waals surface area (Å²) in [7, 11) is 0. The van der Waals surface area contributed by atoms with Crippen LogP contribution >= 0.6 is 11.8 Å². The second-order valence-corrected chi connectivity index (χ2v) is 9.77. The molecule has 1 aliphatic rings. The summed E-state index contributed by atoms with van der Waals surface area (Å²) in [6.45, 7) is 9.21. The van der Waals surface area contributed by atoms with Gasteiger partial charge in [0.25, 0.3) is 0 Å². The Morgan fingerprint density at radius 2 is 2.06 bits per heavy atom. The highest BCUT2D eigenvalue weighted by Gasteiger charge is 2.21. The maximum absolute atomic E-state index is 6.15. The van der Waals surface area contributed by atoms with Crippen LogP contribution in [0.25, 0.3) is 22.1 Å². The highest BCUT2D eigenvalue weighted by molar-refractivity contribution is 7.99. The van der Waals surface area contributed by atoms with Crippen molar-refractivity contribution < 1.29 is 0 Å². The number of benzene rings is 1. The van der Waals surface area contributed by atoms with Crippen LogP contribution in [-0.2, 0) is 6.54 Å². The van der Waals surface area contributed by atoms with E-state index >= 15 is 0 Å². The number of aromatic nitrogens is 5. The number of imidazole rings is 1. The van der Waals surface area contributed by atoms with E-state index in [0.717, 1.165) is 49.0 Å². The molecule has 9 heteroatoms. The Labute approximate surface area is 192 Å². The average molecular weight is 451 g/mol. The first-order valence-corrected chi connectivity index (χ1v) is 12.1. The first-order chi connectivity index (χ1) is 15.6. The maximum atomic E-state index is 6.15. The molecule has 1 fully saturated rings. The molecule has 0 spiro atoms. The highest BCUT2D eigenvalue weighted by atomic mass is 32.2. The number of fused-ring (bicyclic) bond motifs is 2. The number of nitrogens with zero attached hydrogens (tertiary/aromatic N) is 5. The summed E-state index contributed by atoms with van der Waals surface area (Å²) < 4.78 is 2.17. The third-order valence-corrected chi connectivity index (χ3v) is 6.91. The molecular weight excluding hydrogens is 420 g/mol. The zero-order valence-corrected chi connectivity index (χ0v) is 19.5. The number of hydrogen-bond donors (Lipinski definition) is 3. The van der Waals surface area contributed by atoms with Gasteiger partial charge in [-0.15, -0.1) is 0 Å². The fourth-order valence-electron chi connectivity index (χ4n) is 4.25. The highest BCUT2D eigenvalue weighted by Crippen LogP contribution is 2.40. The van der Waals surface area contributed by atoms with Crippen LogP contribution in [0, 0.1) is 5.92 Å². The lowest BCUT2D eigenvalue weighted by molar-refractivity contribution is 0.516. The standard InChI is InChI=1S/C23H30N8S/c1-15(2)13-25-7-10-31-22-20(21(24)27-14-28-22)29-23(31)32-19-11-16-5-6-26-17(16)12-18(19)30-8-3-4-9-30/h5-6,11-12,14-15,25-26H,3-4,7-10,13H2,1-2H3,(H2,24,27,28). The maximum Gasteiger partial charge on any atom is 0.175 e. The van der Waals surface area contributed by atoms with Gasteiger partial charge in [-0.05, 0) is 55.3 Å². The van der Waals surface area contributed by atoms with Crippen molar-refractivity contribution in [2.45, 2.75) is 43.3 Å². The van der Waals surface area contributed by atoms with Gasteiger partial charge in [0.15, 0.2) is 22.1 Å². The van der Waals surface area contributed by atoms with Crippen molar-refractivity contribution >= 4 is 45.3 Å². The summed E-state index contributed by atoms with van der Waals surface area (Å²) in [5, 5.41) is 5.63. The second-order valence-electron chi connectivity index (χ2n) is 8.76. The Balaban J connectivity index is 1.53. The number of rotatable bonds is 8. The number of anilines is 2. The van der Waals surface area contributed by atoms with Crippen LogP contribution in [0.4, 0.5) is 11.5 Å². The van der Waals surface area contributed by atoms with Crippen molar-refractivity contribution in [1.29, 1.82) is 0 Å². The Kier molecular flexibility index (Phi) is 5.93. The molecule has 0 amide bonds. The number of nitrogen functional groups attached to an aromatic ring is 1. The molecule has 4 N–H and O–H groups in total. The monoisotopic (exact) mass is 450 g/mol. The summed E-state index contributed by atoms with van der Waals surface area (Å²) in [5.74, 6) is 1.03. The fraction of sp³-hybridized carbons (Fsp3) is 0.435. The molecular formula is C23H30N8S. The molecule has 0 bridgehead atoms. The van der Waals surface area contributed by atoms with Crippen molar-refractivity contribution in [1.82, 2.24) is 29.8 Å². The molecule has 4 heterocycles. The molecule has 5 rings (SSSR count). The molecule has 0 aliphatic carbocycles. The molecule has 168 valence electrons. The van der Waals surface area contributed by atoms with E-state index in [9.17, 15) is 0 Å². The minimum Gasteiger partial charge on any atom is -0.382 e. The normalized spacial score (nSPS) is 14.4. The van der Waals surface area contributed by atoms with Crippen LogP contribution in [0.15, 0.2) is 40.8 Å². The van der Waals surface area contributed by atoms with Gasteiger partial charge in [-0.3, -0.25) is 0 Å². The Hall–Kier alpha value is -2.78. The van der Waals surface area contributed by atoms with Crippen molar-refractivity contribution in [2.24, 2.45) is 5.92 Å². The van der Waals surface area contributed by atoms with Gasteiger partial charge >= 0.3 is 0 Å². The first kappa shape index (κ1) is 21.1. The quantitative estimate of drug-likeness (QED) is 0.350. The van der Waals surface area contributed by atoms with Gasteiger partial charge in [0.1, 0.15) is 6.33 Å². The SMILES string of the molecule is CC(C)CNCCn1c(Sc2cc3cc[nH]c3cc2N2CCCC2)nc2c(N)ncnc21. The van der Waals surface area contributed by atoms with Gasteiger partial charge in [-0.1, -0.05) is 13.8 Å². The second kappa shape index (κ2) is 8.99. The van der Waals surface area contributed by atoms with Gasteiger partial charge in [-0.2, -0.15) is 0 Å². The minimum absolute atomic E-state index is 0.423. The van der Waals surface area contributed by atoms with Gasteiger partial charge in [-0.25, -0.2) is 15.0 Å². The number of nitrogens with two attached hydrogens (primary N) is 1. The smallest absolute Gasteiger partial charge is 0.175 e. The number of nitrogens with one attached hydrogen (secondary N) is 2. The molecule has 8 nitrogen and oxygen atoms in total. The van der Waals surface area contributed by atoms with E-state index in [1.807, 2.05) is 6.20 Å². The minimum atomic E-state index is 0.423. The van der Waals surface area contributed by atoms with Crippen molar-refractivity contribution in [2.75, 3.05) is 36.8 Å². The molecule has 0 atom stereocenters. The third kappa shape index (κ3) is 4.14. The molecule has 1 saturated heterocycles. The van der Waals surface area contributed by atoms with Crippen molar-refractivity contribution in [3.63, 3.8) is 0 Å². The molecule has 1 aliphatic heterocycles. The summed E-state index contributed by atoms with van der Waals surface area (Å²) in [4.78, 5) is 20.6. The van der Waals surface area contributed by atoms with E-state index in [0.29, 0.717) is 17.3 Å². The zero-order chi connectivity index (χ0) is 22.1. The Morgan fingerprint density at radius 3 is 2.88 bits per heavy atom. The lowest BCUT2D eigenvalue weighted by Gasteiger charge is -2.21. The van der Waals surface area contributed by atoms with Crippen molar-refractivity contribution in [3.8, 4) is 0 Å². The average Bonchev–Trinajstić information content (AvgIpc) is 3.51. The molecule has 32 heavy (non-hydrogen) atoms. The number of hydrogen-bond acceptors (Lipinski definition) is 7. The summed E-state index contributed by atoms with van der Waals surface area (Å²) in [6, 6.07) is 6.66. The van der Waals surface area contributed by atoms with E-state index in [2.05, 4.69) is 61.8 Å². The van der Waals surface area contributed by atoms with Crippen LogP contribution in [0.2, 0.25) is 0 Å². The predicted molar refractivity (Wildman–Crippen MR) is 131 cm³/mol. The number of aromatic amines is 1. The summed E-state index contributed by atoms with van der Waals surface area (Å²) in [6.07, 6.45) is 5.99. The van der Waals surface area contributed by atoms with Crippen LogP contribution in [0.3, 0.4) is 0 Å². The van der Waals surface area contributed by atoms with Crippen LogP contribution in [0.1, 0.15) is 26.7 Å². The third-order valence-electron chi connectivity index (χ3n) is 5.87. The van der Waals surface area contributed by atoms with Crippen LogP contribution < -0.4 is 16.0 Å². The van der Waals surface area contributed by atoms with E-state index in [1.165, 1.54) is 35.1 Å². The molecule has 0 saturated carbocycles. The summed E-state index contributed by atoms with van der Waals surface area (Å²) >= 11 is 1.69. The van der Waals surface area contributed by atoms with Gasteiger partial charge in [0, 0.05) is 48.2 Å². The largest absolute Gasteiger partial charge is 0.382 e. The summed E-state index contributed by atoms with van der Waals surface area (Å²) in [5.41, 5.74) is 10.0. The lowest BCUT2D eigenvalue weighted by Crippen LogP contribution is -2.24. The van der Waals surface area contributed by atoms with Gasteiger partial charge in [0.2, 0.25) is 0 Å². The van der Waals surface area contributed by atoms with Gasteiger partial charge < -0.3 is 25.5 Å². The fourth-order valence-corrected chi connectivity index (χ4v) is 5.35. The molecule has 0 radical (unpaired) electrons. The topological polar surface area (TPSA) is 101 Å². The predicted octanol–water partition coefficient (Wildman–Crippen LogP) is 3.89. The van der Waals surface area contributed by atoms with E-state index in [1.54, 1.807) is 11.8 Å². The van der Waals surface area contributed by atoms with Crippen LogP contribution in [-0.4, -0.2) is 50.7 Å². The molecule has 0 unspecified atom stereocenters. The van der Waals surface area contributed by atoms with E-state index in [4.69, 9.17) is 10.7 Å². The van der Waals surface area contributed by atoms with Crippen LogP contribution in [0.5, 0.6) is 0 Å². The van der Waals surface area contributed by atoms with Gasteiger partial charge in [0.05, 0.1) is 5.69 Å².